The van der Waals surface area contributed by atoms with Gasteiger partial charge in [0.05, 0.1) is 6.61 Å². The molecule has 0 bridgehead atoms. The van der Waals surface area contributed by atoms with Crippen molar-refractivity contribution < 1.29 is 18.3 Å². The first-order valence-corrected chi connectivity index (χ1v) is 4.25. The van der Waals surface area contributed by atoms with Crippen LogP contribution in [-0.2, 0) is 9.47 Å². The molecule has 0 aromatic carbocycles. The molecule has 0 saturated carbocycles. The summed E-state index contributed by atoms with van der Waals surface area (Å²) in [5.41, 5.74) is -1.24. The Balaban J connectivity index is 2.78. The van der Waals surface area contributed by atoms with E-state index in [9.17, 15) is 8.78 Å². The van der Waals surface area contributed by atoms with Crippen LogP contribution in [0.3, 0.4) is 0 Å². The Bertz CT molecular complexity index is 168. The van der Waals surface area contributed by atoms with Gasteiger partial charge in [0.1, 0.15) is 11.6 Å². The summed E-state index contributed by atoms with van der Waals surface area (Å²) in [5, 5.41) is 2.66. The Morgan fingerprint density at radius 2 is 2.31 bits per heavy atom. The third-order valence-electron chi connectivity index (χ3n) is 2.64. The van der Waals surface area contributed by atoms with Gasteiger partial charge in [0.2, 0.25) is 0 Å². The molecule has 1 heterocycles. The van der Waals surface area contributed by atoms with E-state index < -0.39 is 18.1 Å². The number of methoxy groups -OCH3 is 1. The minimum Gasteiger partial charge on any atom is -0.379 e. The van der Waals surface area contributed by atoms with Gasteiger partial charge in [-0.1, -0.05) is 0 Å². The summed E-state index contributed by atoms with van der Waals surface area (Å²) in [6, 6.07) is 0. The molecular formula is C8H15F2NO2. The molecule has 0 radical (unpaired) electrons. The molecule has 0 spiro atoms. The van der Waals surface area contributed by atoms with E-state index >= 15 is 0 Å². The Hall–Kier alpha value is -0.260. The number of halogens is 2. The summed E-state index contributed by atoms with van der Waals surface area (Å²) in [7, 11) is 2.96. The summed E-state index contributed by atoms with van der Waals surface area (Å²) in [6.45, 7) is 0.576. The molecule has 0 aliphatic carbocycles. The highest BCUT2D eigenvalue weighted by atomic mass is 19.3. The zero-order chi connectivity index (χ0) is 9.90. The molecule has 78 valence electrons. The monoisotopic (exact) mass is 195 g/mol. The smallest absolute Gasteiger partial charge is 0.259 e. The van der Waals surface area contributed by atoms with Crippen molar-refractivity contribution in [3.63, 3.8) is 0 Å². The van der Waals surface area contributed by atoms with E-state index in [4.69, 9.17) is 9.47 Å². The minimum absolute atomic E-state index is 0.224. The van der Waals surface area contributed by atoms with E-state index in [0.29, 0.717) is 6.61 Å². The van der Waals surface area contributed by atoms with Gasteiger partial charge >= 0.3 is 0 Å². The quantitative estimate of drug-likeness (QED) is 0.717. The van der Waals surface area contributed by atoms with Gasteiger partial charge in [-0.15, -0.1) is 0 Å². The third-order valence-corrected chi connectivity index (χ3v) is 2.64. The average molecular weight is 195 g/mol. The highest BCUT2D eigenvalue weighted by Crippen LogP contribution is 2.29. The molecule has 1 fully saturated rings. The normalized spacial score (nSPS) is 35.3. The molecule has 0 amide bonds. The second-order valence-corrected chi connectivity index (χ2v) is 3.14. The molecule has 5 heteroatoms. The Morgan fingerprint density at radius 3 is 2.69 bits per heavy atom. The van der Waals surface area contributed by atoms with Gasteiger partial charge in [0.15, 0.2) is 0 Å². The number of nitrogens with one attached hydrogen (secondary N) is 1. The lowest BCUT2D eigenvalue weighted by Crippen LogP contribution is -2.63. The van der Waals surface area contributed by atoms with Crippen LogP contribution in [0, 0.1) is 0 Å². The SMILES string of the molecule is CNC1(C(F)F)CCOCC1OC. The van der Waals surface area contributed by atoms with Crippen molar-refractivity contribution in [2.24, 2.45) is 0 Å². The fourth-order valence-electron chi connectivity index (χ4n) is 1.66. The maximum atomic E-state index is 12.8. The highest BCUT2D eigenvalue weighted by Gasteiger charge is 2.48. The van der Waals surface area contributed by atoms with Crippen molar-refractivity contribution in [3.05, 3.63) is 0 Å². The molecule has 1 N–H and O–H groups in total. The van der Waals surface area contributed by atoms with Crippen molar-refractivity contribution >= 4 is 0 Å². The van der Waals surface area contributed by atoms with Gasteiger partial charge in [-0.25, -0.2) is 8.78 Å². The van der Waals surface area contributed by atoms with Crippen LogP contribution in [0.5, 0.6) is 0 Å². The molecule has 1 rings (SSSR count). The Labute approximate surface area is 76.4 Å². The van der Waals surface area contributed by atoms with Gasteiger partial charge in [0, 0.05) is 13.7 Å². The first-order chi connectivity index (χ1) is 6.17. The Morgan fingerprint density at radius 1 is 1.62 bits per heavy atom. The van der Waals surface area contributed by atoms with Crippen molar-refractivity contribution in [1.82, 2.24) is 5.32 Å². The van der Waals surface area contributed by atoms with Crippen LogP contribution in [0.4, 0.5) is 8.78 Å². The molecule has 0 aromatic rings. The minimum atomic E-state index is -2.44. The standard InChI is InChI=1S/C8H15F2NO2/c1-11-8(7(9)10)3-4-13-5-6(8)12-2/h6-7,11H,3-5H2,1-2H3. The molecule has 2 atom stereocenters. The van der Waals surface area contributed by atoms with Crippen LogP contribution < -0.4 is 5.32 Å². The lowest BCUT2D eigenvalue weighted by atomic mass is 9.88. The molecule has 1 aliphatic heterocycles. The largest absolute Gasteiger partial charge is 0.379 e. The molecular weight excluding hydrogens is 180 g/mol. The number of hydrogen-bond acceptors (Lipinski definition) is 3. The second-order valence-electron chi connectivity index (χ2n) is 3.14. The van der Waals surface area contributed by atoms with Crippen LogP contribution in [0.25, 0.3) is 0 Å². The molecule has 3 nitrogen and oxygen atoms in total. The zero-order valence-electron chi connectivity index (χ0n) is 7.85. The summed E-state index contributed by atoms with van der Waals surface area (Å²) >= 11 is 0. The molecule has 1 saturated heterocycles. The first kappa shape index (κ1) is 10.8. The Kier molecular flexibility index (Phi) is 3.58. The summed E-state index contributed by atoms with van der Waals surface area (Å²) in [5.74, 6) is 0. The van der Waals surface area contributed by atoms with Gasteiger partial charge in [-0.3, -0.25) is 0 Å². The molecule has 1 aliphatic rings. The third kappa shape index (κ3) is 1.82. The second kappa shape index (κ2) is 4.30. The zero-order valence-corrected chi connectivity index (χ0v) is 7.85. The number of likely N-dealkylation sites (N-methyl/N-ethyl adjacent to an activating group) is 1. The van der Waals surface area contributed by atoms with Crippen LogP contribution >= 0.6 is 0 Å². The van der Waals surface area contributed by atoms with Crippen LogP contribution in [0.15, 0.2) is 0 Å². The summed E-state index contributed by atoms with van der Waals surface area (Å²) in [6.07, 6.45) is -2.74. The lowest BCUT2D eigenvalue weighted by molar-refractivity contribution is -0.137. The van der Waals surface area contributed by atoms with Gasteiger partial charge < -0.3 is 14.8 Å². The predicted octanol–water partition coefficient (Wildman–Crippen LogP) is 0.645. The maximum Gasteiger partial charge on any atom is 0.259 e. The van der Waals surface area contributed by atoms with Crippen LogP contribution in [-0.4, -0.2) is 45.4 Å². The van der Waals surface area contributed by atoms with E-state index in [1.54, 1.807) is 0 Å². The van der Waals surface area contributed by atoms with Gasteiger partial charge in [-0.2, -0.15) is 0 Å². The van der Waals surface area contributed by atoms with Crippen molar-refractivity contribution in [2.45, 2.75) is 24.5 Å². The van der Waals surface area contributed by atoms with Gasteiger partial charge in [0.25, 0.3) is 6.43 Å². The first-order valence-electron chi connectivity index (χ1n) is 4.25. The molecule has 0 aromatic heterocycles. The summed E-state index contributed by atoms with van der Waals surface area (Å²) < 4.78 is 35.7. The van der Waals surface area contributed by atoms with E-state index in [0.717, 1.165) is 0 Å². The number of ether oxygens (including phenoxy) is 2. The molecule has 2 unspecified atom stereocenters. The number of hydrogen-bond donors (Lipinski definition) is 1. The lowest BCUT2D eigenvalue weighted by Gasteiger charge is -2.42. The number of alkyl halides is 2. The average Bonchev–Trinajstić information content (AvgIpc) is 2.17. The van der Waals surface area contributed by atoms with Crippen molar-refractivity contribution in [2.75, 3.05) is 27.4 Å². The van der Waals surface area contributed by atoms with E-state index in [1.807, 2.05) is 0 Å². The van der Waals surface area contributed by atoms with E-state index in [2.05, 4.69) is 5.32 Å². The van der Waals surface area contributed by atoms with E-state index in [-0.39, 0.29) is 13.0 Å². The number of rotatable bonds is 3. The highest BCUT2D eigenvalue weighted by molar-refractivity contribution is 4.99. The van der Waals surface area contributed by atoms with Crippen LogP contribution in [0.1, 0.15) is 6.42 Å². The van der Waals surface area contributed by atoms with Crippen molar-refractivity contribution in [3.8, 4) is 0 Å². The fourth-order valence-corrected chi connectivity index (χ4v) is 1.66. The van der Waals surface area contributed by atoms with Gasteiger partial charge in [-0.05, 0) is 13.5 Å². The predicted molar refractivity (Wildman–Crippen MR) is 44.0 cm³/mol. The topological polar surface area (TPSA) is 30.5 Å². The van der Waals surface area contributed by atoms with E-state index in [1.165, 1.54) is 14.2 Å². The maximum absolute atomic E-state index is 12.8. The summed E-state index contributed by atoms with van der Waals surface area (Å²) in [4.78, 5) is 0. The van der Waals surface area contributed by atoms with Crippen LogP contribution in [0.2, 0.25) is 0 Å². The molecule has 13 heavy (non-hydrogen) atoms. The van der Waals surface area contributed by atoms with Crippen molar-refractivity contribution in [1.29, 1.82) is 0 Å². The fraction of sp³-hybridized carbons (Fsp3) is 1.00.